The van der Waals surface area contributed by atoms with Crippen LogP contribution >= 0.6 is 0 Å². The molecule has 0 spiro atoms. The van der Waals surface area contributed by atoms with E-state index >= 15 is 0 Å². The summed E-state index contributed by atoms with van der Waals surface area (Å²) in [7, 11) is 0. The highest BCUT2D eigenvalue weighted by atomic mass is 14.1. The molecule has 0 atom stereocenters. The molecule has 0 heterocycles. The Labute approximate surface area is 81.4 Å². The quantitative estimate of drug-likeness (QED) is 0.551. The second-order valence-corrected chi connectivity index (χ2v) is 3.73. The normalized spacial score (nSPS) is 17.9. The molecule has 0 fully saturated rings. The SMILES string of the molecule is C=C(C)C(C)=CC1=CCCC=C1C. The third kappa shape index (κ3) is 2.73. The minimum Gasteiger partial charge on any atom is -0.0958 e. The molecule has 1 rings (SSSR count). The van der Waals surface area contributed by atoms with E-state index in [2.05, 4.69) is 38.7 Å². The van der Waals surface area contributed by atoms with Gasteiger partial charge < -0.3 is 0 Å². The third-order valence-corrected chi connectivity index (χ3v) is 2.48. The van der Waals surface area contributed by atoms with Crippen molar-refractivity contribution < 1.29 is 0 Å². The Hall–Kier alpha value is -1.04. The van der Waals surface area contributed by atoms with E-state index in [1.165, 1.54) is 29.6 Å². The summed E-state index contributed by atoms with van der Waals surface area (Å²) >= 11 is 0. The van der Waals surface area contributed by atoms with Crippen LogP contribution in [-0.4, -0.2) is 0 Å². The van der Waals surface area contributed by atoms with Crippen molar-refractivity contribution in [3.8, 4) is 0 Å². The van der Waals surface area contributed by atoms with Gasteiger partial charge in [0.1, 0.15) is 0 Å². The fourth-order valence-electron chi connectivity index (χ4n) is 1.35. The van der Waals surface area contributed by atoms with Crippen LogP contribution in [0.3, 0.4) is 0 Å². The molecule has 1 aliphatic carbocycles. The van der Waals surface area contributed by atoms with Crippen LogP contribution in [0.4, 0.5) is 0 Å². The molecule has 0 N–H and O–H groups in total. The zero-order valence-electron chi connectivity index (χ0n) is 8.85. The second kappa shape index (κ2) is 4.27. The molecule has 0 radical (unpaired) electrons. The molecule has 13 heavy (non-hydrogen) atoms. The molecular formula is C13H18. The van der Waals surface area contributed by atoms with E-state index < -0.39 is 0 Å². The zero-order chi connectivity index (χ0) is 9.84. The van der Waals surface area contributed by atoms with Gasteiger partial charge in [-0.15, -0.1) is 0 Å². The Morgan fingerprint density at radius 2 is 1.92 bits per heavy atom. The lowest BCUT2D eigenvalue weighted by Gasteiger charge is -2.10. The van der Waals surface area contributed by atoms with Gasteiger partial charge >= 0.3 is 0 Å². The van der Waals surface area contributed by atoms with Gasteiger partial charge in [0, 0.05) is 0 Å². The summed E-state index contributed by atoms with van der Waals surface area (Å²) < 4.78 is 0. The molecule has 0 heteroatoms. The summed E-state index contributed by atoms with van der Waals surface area (Å²) in [5.74, 6) is 0. The molecule has 0 bridgehead atoms. The van der Waals surface area contributed by atoms with Gasteiger partial charge in [-0.1, -0.05) is 30.4 Å². The van der Waals surface area contributed by atoms with E-state index in [0.717, 1.165) is 5.57 Å². The monoisotopic (exact) mass is 174 g/mol. The number of rotatable bonds is 2. The van der Waals surface area contributed by atoms with Gasteiger partial charge in [0.05, 0.1) is 0 Å². The van der Waals surface area contributed by atoms with Gasteiger partial charge in [-0.05, 0) is 50.3 Å². The van der Waals surface area contributed by atoms with E-state index in [-0.39, 0.29) is 0 Å². The molecule has 0 aromatic rings. The Morgan fingerprint density at radius 1 is 1.31 bits per heavy atom. The second-order valence-electron chi connectivity index (χ2n) is 3.73. The van der Waals surface area contributed by atoms with Crippen LogP contribution in [0, 0.1) is 0 Å². The van der Waals surface area contributed by atoms with E-state index in [1.807, 2.05) is 6.92 Å². The van der Waals surface area contributed by atoms with Gasteiger partial charge in [0.2, 0.25) is 0 Å². The van der Waals surface area contributed by atoms with Crippen LogP contribution < -0.4 is 0 Å². The average Bonchev–Trinajstić information content (AvgIpc) is 2.08. The topological polar surface area (TPSA) is 0 Å². The molecular weight excluding hydrogens is 156 g/mol. The van der Waals surface area contributed by atoms with Gasteiger partial charge in [-0.25, -0.2) is 0 Å². The van der Waals surface area contributed by atoms with Gasteiger partial charge in [0.15, 0.2) is 0 Å². The van der Waals surface area contributed by atoms with Crippen LogP contribution in [-0.2, 0) is 0 Å². The third-order valence-electron chi connectivity index (χ3n) is 2.48. The predicted molar refractivity (Wildman–Crippen MR) is 59.6 cm³/mol. The summed E-state index contributed by atoms with van der Waals surface area (Å²) in [6, 6.07) is 0. The minimum atomic E-state index is 1.15. The van der Waals surface area contributed by atoms with Crippen molar-refractivity contribution in [2.24, 2.45) is 0 Å². The molecule has 70 valence electrons. The maximum Gasteiger partial charge on any atom is -0.0268 e. The Bertz CT molecular complexity index is 298. The van der Waals surface area contributed by atoms with Crippen molar-refractivity contribution in [1.29, 1.82) is 0 Å². The highest BCUT2D eigenvalue weighted by molar-refractivity contribution is 5.44. The first-order chi connectivity index (χ1) is 6.11. The highest BCUT2D eigenvalue weighted by Crippen LogP contribution is 2.21. The van der Waals surface area contributed by atoms with Crippen molar-refractivity contribution in [3.63, 3.8) is 0 Å². The molecule has 0 aliphatic heterocycles. The smallest absolute Gasteiger partial charge is 0.0268 e. The van der Waals surface area contributed by atoms with Crippen molar-refractivity contribution in [1.82, 2.24) is 0 Å². The van der Waals surface area contributed by atoms with Gasteiger partial charge in [-0.2, -0.15) is 0 Å². The average molecular weight is 174 g/mol. The molecule has 0 aromatic carbocycles. The fourth-order valence-corrected chi connectivity index (χ4v) is 1.35. The number of hydrogen-bond acceptors (Lipinski definition) is 0. The molecule has 0 saturated carbocycles. The Kier molecular flexibility index (Phi) is 3.30. The van der Waals surface area contributed by atoms with Crippen molar-refractivity contribution in [3.05, 3.63) is 47.1 Å². The van der Waals surface area contributed by atoms with Crippen LogP contribution in [0.2, 0.25) is 0 Å². The molecule has 0 saturated heterocycles. The number of hydrogen-bond donors (Lipinski definition) is 0. The zero-order valence-corrected chi connectivity index (χ0v) is 8.85. The maximum atomic E-state index is 3.93. The Morgan fingerprint density at radius 3 is 2.46 bits per heavy atom. The Balaban J connectivity index is 2.85. The lowest BCUT2D eigenvalue weighted by Crippen LogP contribution is -1.90. The summed E-state index contributed by atoms with van der Waals surface area (Å²) in [6.07, 6.45) is 9.20. The highest BCUT2D eigenvalue weighted by Gasteiger charge is 2.01. The van der Waals surface area contributed by atoms with Crippen LogP contribution in [0.25, 0.3) is 0 Å². The number of allylic oxidation sites excluding steroid dienone is 7. The minimum absolute atomic E-state index is 1.15. The summed E-state index contributed by atoms with van der Waals surface area (Å²) in [4.78, 5) is 0. The first kappa shape index (κ1) is 10.0. The van der Waals surface area contributed by atoms with Crippen molar-refractivity contribution in [2.45, 2.75) is 33.6 Å². The molecule has 0 unspecified atom stereocenters. The van der Waals surface area contributed by atoms with E-state index in [9.17, 15) is 0 Å². The maximum absolute atomic E-state index is 3.93. The first-order valence-corrected chi connectivity index (χ1v) is 4.82. The van der Waals surface area contributed by atoms with Gasteiger partial charge in [0.25, 0.3) is 0 Å². The van der Waals surface area contributed by atoms with Crippen LogP contribution in [0.15, 0.2) is 47.1 Å². The molecule has 0 amide bonds. The van der Waals surface area contributed by atoms with Gasteiger partial charge in [-0.3, -0.25) is 0 Å². The summed E-state index contributed by atoms with van der Waals surface area (Å²) in [5, 5.41) is 0. The lowest BCUT2D eigenvalue weighted by atomic mass is 9.96. The van der Waals surface area contributed by atoms with E-state index in [0.29, 0.717) is 0 Å². The van der Waals surface area contributed by atoms with E-state index in [1.54, 1.807) is 0 Å². The standard InChI is InChI=1S/C13H18/c1-10(2)12(4)9-13-8-6-5-7-11(13)3/h7-9H,1,5-6H2,2-4H3. The molecule has 0 aromatic heterocycles. The van der Waals surface area contributed by atoms with E-state index in [4.69, 9.17) is 0 Å². The predicted octanol–water partition coefficient (Wildman–Crippen LogP) is 4.18. The van der Waals surface area contributed by atoms with Crippen LogP contribution in [0.5, 0.6) is 0 Å². The lowest BCUT2D eigenvalue weighted by molar-refractivity contribution is 1.000. The van der Waals surface area contributed by atoms with Crippen molar-refractivity contribution >= 4 is 0 Å². The molecule has 1 aliphatic rings. The van der Waals surface area contributed by atoms with Crippen LogP contribution in [0.1, 0.15) is 33.6 Å². The summed E-state index contributed by atoms with van der Waals surface area (Å²) in [6.45, 7) is 10.3. The molecule has 0 nitrogen and oxygen atoms in total. The fraction of sp³-hybridized carbons (Fsp3) is 0.385. The first-order valence-electron chi connectivity index (χ1n) is 4.82. The largest absolute Gasteiger partial charge is 0.0958 e. The summed E-state index contributed by atoms with van der Waals surface area (Å²) in [5.41, 5.74) is 5.19. The van der Waals surface area contributed by atoms with Crippen molar-refractivity contribution in [2.75, 3.05) is 0 Å².